The van der Waals surface area contributed by atoms with Gasteiger partial charge in [0.1, 0.15) is 6.07 Å². The van der Waals surface area contributed by atoms with Crippen LogP contribution >= 0.6 is 0 Å². The van der Waals surface area contributed by atoms with Crippen molar-refractivity contribution in [1.82, 2.24) is 0 Å². The second-order valence-corrected chi connectivity index (χ2v) is 3.26. The topological polar surface area (TPSA) is 79.6 Å². The number of benzene rings is 1. The third-order valence-electron chi connectivity index (χ3n) is 1.97. The minimum atomic E-state index is -0.440. The summed E-state index contributed by atoms with van der Waals surface area (Å²) < 4.78 is 9.75. The Kier molecular flexibility index (Phi) is 5.26. The zero-order valence-corrected chi connectivity index (χ0v) is 9.92. The number of aromatic hydroxyl groups is 1. The van der Waals surface area contributed by atoms with Crippen LogP contribution in [0.3, 0.4) is 0 Å². The van der Waals surface area contributed by atoms with Gasteiger partial charge in [0.25, 0.3) is 0 Å². The van der Waals surface area contributed by atoms with E-state index in [-0.39, 0.29) is 18.1 Å². The van der Waals surface area contributed by atoms with E-state index in [4.69, 9.17) is 14.7 Å². The molecule has 5 heteroatoms. The highest BCUT2D eigenvalue weighted by Gasteiger charge is 2.03. The third kappa shape index (κ3) is 4.18. The Labute approximate surface area is 105 Å². The summed E-state index contributed by atoms with van der Waals surface area (Å²) in [6.07, 6.45) is 2.82. The van der Waals surface area contributed by atoms with E-state index in [0.717, 1.165) is 0 Å². The average Bonchev–Trinajstić information content (AvgIpc) is 2.36. The molecule has 0 aromatic heterocycles. The standard InChI is InChI=1S/C13H13NO4/c1-2-17-13(16)6-4-10-3-5-11(15)12(9-10)18-8-7-14/h3-6,9,15H,2,8H2,1H3/b6-4+. The average molecular weight is 247 g/mol. The molecule has 1 aromatic carbocycles. The van der Waals surface area contributed by atoms with Crippen LogP contribution in [0.5, 0.6) is 11.5 Å². The highest BCUT2D eigenvalue weighted by molar-refractivity contribution is 5.87. The first kappa shape index (κ1) is 13.6. The number of hydrogen-bond acceptors (Lipinski definition) is 5. The molecule has 0 unspecified atom stereocenters. The monoisotopic (exact) mass is 247 g/mol. The van der Waals surface area contributed by atoms with E-state index in [1.165, 1.54) is 24.3 Å². The Hall–Kier alpha value is -2.48. The fourth-order valence-corrected chi connectivity index (χ4v) is 1.21. The summed E-state index contributed by atoms with van der Waals surface area (Å²) in [6, 6.07) is 6.38. The normalized spacial score (nSPS) is 10.0. The van der Waals surface area contributed by atoms with Gasteiger partial charge in [-0.05, 0) is 30.7 Å². The quantitative estimate of drug-likeness (QED) is 0.634. The van der Waals surface area contributed by atoms with E-state index in [2.05, 4.69) is 0 Å². The summed E-state index contributed by atoms with van der Waals surface area (Å²) in [6.45, 7) is 1.88. The molecule has 18 heavy (non-hydrogen) atoms. The molecule has 0 atom stereocenters. The molecule has 0 saturated heterocycles. The van der Waals surface area contributed by atoms with Crippen molar-refractivity contribution in [3.63, 3.8) is 0 Å². The number of phenols is 1. The number of rotatable bonds is 5. The van der Waals surface area contributed by atoms with Crippen LogP contribution in [0.25, 0.3) is 6.08 Å². The molecule has 0 spiro atoms. The molecular weight excluding hydrogens is 234 g/mol. The highest BCUT2D eigenvalue weighted by atomic mass is 16.5. The summed E-state index contributed by atoms with van der Waals surface area (Å²) in [7, 11) is 0. The zero-order valence-electron chi connectivity index (χ0n) is 9.92. The number of carbonyl (C=O) groups excluding carboxylic acids is 1. The largest absolute Gasteiger partial charge is 0.504 e. The van der Waals surface area contributed by atoms with Gasteiger partial charge in [0.05, 0.1) is 6.61 Å². The Morgan fingerprint density at radius 3 is 3.00 bits per heavy atom. The first-order chi connectivity index (χ1) is 8.67. The summed E-state index contributed by atoms with van der Waals surface area (Å²) in [5, 5.41) is 17.9. The molecule has 0 aliphatic heterocycles. The van der Waals surface area contributed by atoms with Gasteiger partial charge in [0, 0.05) is 6.08 Å². The molecule has 1 N–H and O–H groups in total. The van der Waals surface area contributed by atoms with Crippen LogP contribution in [0.4, 0.5) is 0 Å². The number of esters is 1. The molecule has 0 bridgehead atoms. The van der Waals surface area contributed by atoms with E-state index >= 15 is 0 Å². The fraction of sp³-hybridized carbons (Fsp3) is 0.231. The molecule has 0 saturated carbocycles. The summed E-state index contributed by atoms with van der Waals surface area (Å²) in [4.78, 5) is 11.1. The Bertz CT molecular complexity index is 488. The minimum Gasteiger partial charge on any atom is -0.504 e. The number of phenolic OH excluding ortho intramolecular Hbond substituents is 1. The van der Waals surface area contributed by atoms with E-state index in [1.54, 1.807) is 19.1 Å². The van der Waals surface area contributed by atoms with E-state index in [9.17, 15) is 9.90 Å². The second-order valence-electron chi connectivity index (χ2n) is 3.26. The lowest BCUT2D eigenvalue weighted by atomic mass is 10.2. The van der Waals surface area contributed by atoms with Crippen molar-refractivity contribution in [2.45, 2.75) is 6.92 Å². The molecule has 1 aromatic rings. The van der Waals surface area contributed by atoms with Crippen molar-refractivity contribution in [3.8, 4) is 17.6 Å². The lowest BCUT2D eigenvalue weighted by molar-refractivity contribution is -0.137. The second kappa shape index (κ2) is 6.97. The van der Waals surface area contributed by atoms with E-state index < -0.39 is 5.97 Å². The summed E-state index contributed by atoms with van der Waals surface area (Å²) >= 11 is 0. The van der Waals surface area contributed by atoms with Gasteiger partial charge >= 0.3 is 5.97 Å². The minimum absolute atomic E-state index is 0.0569. The lowest BCUT2D eigenvalue weighted by Gasteiger charge is -2.05. The maximum Gasteiger partial charge on any atom is 0.330 e. The maximum atomic E-state index is 11.1. The van der Waals surface area contributed by atoms with Crippen LogP contribution in [0, 0.1) is 11.3 Å². The smallest absolute Gasteiger partial charge is 0.330 e. The van der Waals surface area contributed by atoms with Gasteiger partial charge in [-0.3, -0.25) is 0 Å². The number of nitriles is 1. The van der Waals surface area contributed by atoms with E-state index in [0.29, 0.717) is 12.2 Å². The molecule has 5 nitrogen and oxygen atoms in total. The number of carbonyl (C=O) groups is 1. The Morgan fingerprint density at radius 1 is 1.56 bits per heavy atom. The van der Waals surface area contributed by atoms with Crippen molar-refractivity contribution in [2.75, 3.05) is 13.2 Å². The molecule has 1 rings (SSSR count). The van der Waals surface area contributed by atoms with Crippen LogP contribution in [0.2, 0.25) is 0 Å². The molecular formula is C13H13NO4. The summed E-state index contributed by atoms with van der Waals surface area (Å²) in [5.74, 6) is -0.300. The van der Waals surface area contributed by atoms with Gasteiger partial charge in [-0.25, -0.2) is 4.79 Å². The Morgan fingerprint density at radius 2 is 2.33 bits per heavy atom. The fourth-order valence-electron chi connectivity index (χ4n) is 1.21. The van der Waals surface area contributed by atoms with Gasteiger partial charge < -0.3 is 14.6 Å². The van der Waals surface area contributed by atoms with Crippen LogP contribution < -0.4 is 4.74 Å². The van der Waals surface area contributed by atoms with Crippen molar-refractivity contribution < 1.29 is 19.4 Å². The predicted molar refractivity (Wildman–Crippen MR) is 64.9 cm³/mol. The molecule has 0 amide bonds. The molecule has 0 aliphatic carbocycles. The van der Waals surface area contributed by atoms with Gasteiger partial charge in [-0.1, -0.05) is 6.07 Å². The van der Waals surface area contributed by atoms with Crippen LogP contribution in [0.15, 0.2) is 24.3 Å². The number of ether oxygens (including phenoxy) is 2. The van der Waals surface area contributed by atoms with Gasteiger partial charge in [-0.2, -0.15) is 5.26 Å². The van der Waals surface area contributed by atoms with Crippen molar-refractivity contribution in [1.29, 1.82) is 5.26 Å². The molecule has 94 valence electrons. The van der Waals surface area contributed by atoms with Gasteiger partial charge in [0.15, 0.2) is 18.1 Å². The zero-order chi connectivity index (χ0) is 13.4. The van der Waals surface area contributed by atoms with Crippen molar-refractivity contribution >= 4 is 12.0 Å². The molecule has 0 radical (unpaired) electrons. The third-order valence-corrected chi connectivity index (χ3v) is 1.97. The lowest BCUT2D eigenvalue weighted by Crippen LogP contribution is -1.98. The molecule has 0 heterocycles. The Balaban J connectivity index is 2.78. The first-order valence-corrected chi connectivity index (χ1v) is 5.35. The van der Waals surface area contributed by atoms with Crippen molar-refractivity contribution in [3.05, 3.63) is 29.8 Å². The van der Waals surface area contributed by atoms with Crippen molar-refractivity contribution in [2.24, 2.45) is 0 Å². The van der Waals surface area contributed by atoms with Crippen LogP contribution in [-0.2, 0) is 9.53 Å². The van der Waals surface area contributed by atoms with E-state index in [1.807, 2.05) is 0 Å². The van der Waals surface area contributed by atoms with Crippen LogP contribution in [0.1, 0.15) is 12.5 Å². The van der Waals surface area contributed by atoms with Gasteiger partial charge in [0.2, 0.25) is 0 Å². The number of nitrogens with zero attached hydrogens (tertiary/aromatic N) is 1. The van der Waals surface area contributed by atoms with Crippen LogP contribution in [-0.4, -0.2) is 24.3 Å². The first-order valence-electron chi connectivity index (χ1n) is 5.35. The van der Waals surface area contributed by atoms with Gasteiger partial charge in [-0.15, -0.1) is 0 Å². The SMILES string of the molecule is CCOC(=O)/C=C/c1ccc(O)c(OCC#N)c1. The highest BCUT2D eigenvalue weighted by Crippen LogP contribution is 2.27. The molecule has 0 fully saturated rings. The maximum absolute atomic E-state index is 11.1. The predicted octanol–water partition coefficient (Wildman–Crippen LogP) is 1.87. The number of hydrogen-bond donors (Lipinski definition) is 1. The molecule has 0 aliphatic rings. The summed E-state index contributed by atoms with van der Waals surface area (Å²) in [5.41, 5.74) is 0.661.